The van der Waals surface area contributed by atoms with Crippen LogP contribution in [-0.2, 0) is 6.54 Å². The minimum absolute atomic E-state index is 0.274. The topological polar surface area (TPSA) is 36.3 Å². The first-order valence-corrected chi connectivity index (χ1v) is 5.05. The van der Waals surface area contributed by atoms with Crippen LogP contribution in [0, 0.1) is 17.1 Å². The lowest BCUT2D eigenvalue weighted by Gasteiger charge is -2.16. The second kappa shape index (κ2) is 6.09. The summed E-state index contributed by atoms with van der Waals surface area (Å²) in [5.41, 5.74) is 0.794. The Labute approximate surface area is 95.1 Å². The summed E-state index contributed by atoms with van der Waals surface area (Å²) in [6, 6.07) is 6.52. The van der Waals surface area contributed by atoms with E-state index in [0.717, 1.165) is 5.56 Å². The number of nitrogens with zero attached hydrogens (tertiary/aromatic N) is 2. The van der Waals surface area contributed by atoms with E-state index in [9.17, 15) is 4.39 Å². The molecule has 0 N–H and O–H groups in total. The highest BCUT2D eigenvalue weighted by molar-refractivity contribution is 5.33. The molecular formula is C12H15FN2O. The van der Waals surface area contributed by atoms with Crippen molar-refractivity contribution >= 4 is 0 Å². The Morgan fingerprint density at radius 1 is 1.50 bits per heavy atom. The van der Waals surface area contributed by atoms with Crippen LogP contribution in [0.4, 0.5) is 4.39 Å². The first-order chi connectivity index (χ1) is 7.67. The monoisotopic (exact) mass is 222 g/mol. The highest BCUT2D eigenvalue weighted by atomic mass is 19.1. The second-order valence-electron chi connectivity index (χ2n) is 3.60. The van der Waals surface area contributed by atoms with E-state index in [1.165, 1.54) is 12.1 Å². The van der Waals surface area contributed by atoms with Crippen LogP contribution in [0.15, 0.2) is 18.2 Å². The maximum atomic E-state index is 13.1. The summed E-state index contributed by atoms with van der Waals surface area (Å²) in [6.45, 7) is 1.23. The SMILES string of the molecule is COc1ccc(F)cc1CN(C)CCC#N. The van der Waals surface area contributed by atoms with Gasteiger partial charge in [0.05, 0.1) is 13.2 Å². The molecule has 1 rings (SSSR count). The van der Waals surface area contributed by atoms with Gasteiger partial charge in [-0.1, -0.05) is 0 Å². The number of halogens is 1. The molecule has 0 radical (unpaired) electrons. The molecule has 0 saturated heterocycles. The zero-order chi connectivity index (χ0) is 12.0. The van der Waals surface area contributed by atoms with Gasteiger partial charge >= 0.3 is 0 Å². The van der Waals surface area contributed by atoms with E-state index >= 15 is 0 Å². The van der Waals surface area contributed by atoms with Crippen molar-refractivity contribution in [3.05, 3.63) is 29.6 Å². The molecule has 1 aromatic carbocycles. The predicted octanol–water partition coefficient (Wildman–Crippen LogP) is 2.18. The lowest BCUT2D eigenvalue weighted by Crippen LogP contribution is -2.19. The number of ether oxygens (including phenoxy) is 1. The Morgan fingerprint density at radius 2 is 2.25 bits per heavy atom. The van der Waals surface area contributed by atoms with Crippen LogP contribution in [0.5, 0.6) is 5.75 Å². The highest BCUT2D eigenvalue weighted by Gasteiger charge is 2.07. The average Bonchev–Trinajstić information content (AvgIpc) is 2.27. The van der Waals surface area contributed by atoms with Crippen molar-refractivity contribution in [3.8, 4) is 11.8 Å². The van der Waals surface area contributed by atoms with Gasteiger partial charge in [0.15, 0.2) is 0 Å². The zero-order valence-electron chi connectivity index (χ0n) is 9.53. The van der Waals surface area contributed by atoms with Crippen LogP contribution in [0.2, 0.25) is 0 Å². The number of nitriles is 1. The van der Waals surface area contributed by atoms with Gasteiger partial charge in [0, 0.05) is 25.1 Å². The zero-order valence-corrected chi connectivity index (χ0v) is 9.53. The summed E-state index contributed by atoms with van der Waals surface area (Å²) in [6.07, 6.45) is 0.466. The lowest BCUT2D eigenvalue weighted by atomic mass is 10.2. The normalized spacial score (nSPS) is 10.2. The molecule has 0 unspecified atom stereocenters. The van der Waals surface area contributed by atoms with Gasteiger partial charge in [-0.05, 0) is 25.2 Å². The Bertz CT molecular complexity index is 387. The fraction of sp³-hybridized carbons (Fsp3) is 0.417. The molecule has 0 aliphatic carbocycles. The lowest BCUT2D eigenvalue weighted by molar-refractivity contribution is 0.323. The van der Waals surface area contributed by atoms with Gasteiger partial charge in [-0.2, -0.15) is 5.26 Å². The van der Waals surface area contributed by atoms with E-state index in [1.807, 2.05) is 11.9 Å². The van der Waals surface area contributed by atoms with Crippen LogP contribution in [0.25, 0.3) is 0 Å². The van der Waals surface area contributed by atoms with Crippen LogP contribution in [0.1, 0.15) is 12.0 Å². The summed E-state index contributed by atoms with van der Waals surface area (Å²) < 4.78 is 18.2. The Hall–Kier alpha value is -1.60. The molecule has 86 valence electrons. The Morgan fingerprint density at radius 3 is 2.88 bits per heavy atom. The molecule has 3 nitrogen and oxygen atoms in total. The van der Waals surface area contributed by atoms with Crippen molar-refractivity contribution in [3.63, 3.8) is 0 Å². The molecule has 0 aromatic heterocycles. The van der Waals surface area contributed by atoms with E-state index in [4.69, 9.17) is 10.00 Å². The van der Waals surface area contributed by atoms with Gasteiger partial charge in [-0.15, -0.1) is 0 Å². The molecule has 0 bridgehead atoms. The molecule has 4 heteroatoms. The van der Waals surface area contributed by atoms with E-state index < -0.39 is 0 Å². The van der Waals surface area contributed by atoms with Gasteiger partial charge in [0.2, 0.25) is 0 Å². The van der Waals surface area contributed by atoms with Crippen LogP contribution >= 0.6 is 0 Å². The third-order valence-electron chi connectivity index (χ3n) is 2.29. The fourth-order valence-electron chi connectivity index (χ4n) is 1.48. The number of benzene rings is 1. The van der Waals surface area contributed by atoms with Gasteiger partial charge in [-0.25, -0.2) is 4.39 Å². The molecule has 0 amide bonds. The third-order valence-corrected chi connectivity index (χ3v) is 2.29. The fourth-order valence-corrected chi connectivity index (χ4v) is 1.48. The largest absolute Gasteiger partial charge is 0.496 e. The molecule has 16 heavy (non-hydrogen) atoms. The van der Waals surface area contributed by atoms with E-state index in [1.54, 1.807) is 13.2 Å². The molecule has 1 aromatic rings. The quantitative estimate of drug-likeness (QED) is 0.766. The van der Waals surface area contributed by atoms with E-state index in [-0.39, 0.29) is 5.82 Å². The van der Waals surface area contributed by atoms with Gasteiger partial charge < -0.3 is 9.64 Å². The van der Waals surface area contributed by atoms with Gasteiger partial charge in [0.1, 0.15) is 11.6 Å². The van der Waals surface area contributed by atoms with Crippen LogP contribution in [-0.4, -0.2) is 25.6 Å². The number of methoxy groups -OCH3 is 1. The van der Waals surface area contributed by atoms with E-state index in [0.29, 0.717) is 25.3 Å². The molecular weight excluding hydrogens is 207 g/mol. The molecule has 0 atom stereocenters. The molecule has 0 fully saturated rings. The highest BCUT2D eigenvalue weighted by Crippen LogP contribution is 2.20. The van der Waals surface area contributed by atoms with Crippen LogP contribution in [0.3, 0.4) is 0 Å². The maximum absolute atomic E-state index is 13.1. The van der Waals surface area contributed by atoms with Gasteiger partial charge in [-0.3, -0.25) is 0 Å². The molecule has 0 saturated carbocycles. The molecule has 0 heterocycles. The molecule has 0 aliphatic rings. The predicted molar refractivity (Wildman–Crippen MR) is 59.5 cm³/mol. The Kier molecular flexibility index (Phi) is 4.74. The van der Waals surface area contributed by atoms with Crippen molar-refractivity contribution in [1.82, 2.24) is 4.90 Å². The summed E-state index contributed by atoms with van der Waals surface area (Å²) in [7, 11) is 3.45. The minimum Gasteiger partial charge on any atom is -0.496 e. The maximum Gasteiger partial charge on any atom is 0.123 e. The Balaban J connectivity index is 2.71. The third kappa shape index (κ3) is 3.52. The first-order valence-electron chi connectivity index (χ1n) is 5.05. The summed E-state index contributed by atoms with van der Waals surface area (Å²) in [5, 5.41) is 8.46. The summed E-state index contributed by atoms with van der Waals surface area (Å²) >= 11 is 0. The number of rotatable bonds is 5. The van der Waals surface area contributed by atoms with Gasteiger partial charge in [0.25, 0.3) is 0 Å². The second-order valence-corrected chi connectivity index (χ2v) is 3.60. The average molecular weight is 222 g/mol. The standard InChI is InChI=1S/C12H15FN2O/c1-15(7-3-6-14)9-10-8-11(13)4-5-12(10)16-2/h4-5,8H,3,7,9H2,1-2H3. The van der Waals surface area contributed by atoms with Crippen molar-refractivity contribution < 1.29 is 9.13 Å². The van der Waals surface area contributed by atoms with Crippen molar-refractivity contribution in [1.29, 1.82) is 5.26 Å². The molecule has 0 spiro atoms. The smallest absolute Gasteiger partial charge is 0.123 e. The number of hydrogen-bond donors (Lipinski definition) is 0. The van der Waals surface area contributed by atoms with Crippen LogP contribution < -0.4 is 4.74 Å². The van der Waals surface area contributed by atoms with Crippen molar-refractivity contribution in [2.45, 2.75) is 13.0 Å². The van der Waals surface area contributed by atoms with E-state index in [2.05, 4.69) is 6.07 Å². The summed E-state index contributed by atoms with van der Waals surface area (Å²) in [5.74, 6) is 0.398. The first kappa shape index (κ1) is 12.5. The van der Waals surface area contributed by atoms with Crippen molar-refractivity contribution in [2.75, 3.05) is 20.7 Å². The van der Waals surface area contributed by atoms with Crippen molar-refractivity contribution in [2.24, 2.45) is 0 Å². The minimum atomic E-state index is -0.274. The molecule has 0 aliphatic heterocycles. The summed E-state index contributed by atoms with van der Waals surface area (Å²) in [4.78, 5) is 1.96. The number of hydrogen-bond acceptors (Lipinski definition) is 3.